The van der Waals surface area contributed by atoms with Gasteiger partial charge in [0.15, 0.2) is 0 Å². The molecular weight excluding hydrogens is 187 g/mol. The van der Waals surface area contributed by atoms with E-state index in [0.29, 0.717) is 17.7 Å². The van der Waals surface area contributed by atoms with Gasteiger partial charge in [0, 0.05) is 6.07 Å². The summed E-state index contributed by atoms with van der Waals surface area (Å²) < 4.78 is 21.4. The van der Waals surface area contributed by atoms with Crippen molar-refractivity contribution in [2.24, 2.45) is 0 Å². The van der Waals surface area contributed by atoms with Gasteiger partial charge in [0.1, 0.15) is 12.4 Å². The first kappa shape index (κ1) is 10.2. The molecule has 0 heterocycles. The minimum atomic E-state index is -1.73. The molecule has 70 valence electrons. The maximum absolute atomic E-state index is 11.4. The van der Waals surface area contributed by atoms with Crippen molar-refractivity contribution >= 4 is 13.3 Å². The summed E-state index contributed by atoms with van der Waals surface area (Å²) >= 11 is 0. The first-order valence-electron chi connectivity index (χ1n) is 4.02. The van der Waals surface area contributed by atoms with Crippen molar-refractivity contribution in [3.63, 3.8) is 0 Å². The van der Waals surface area contributed by atoms with Gasteiger partial charge in [0.2, 0.25) is 5.30 Å². The highest BCUT2D eigenvalue weighted by Gasteiger charge is 2.21. The van der Waals surface area contributed by atoms with Gasteiger partial charge in [-0.15, -0.1) is 4.52 Å². The zero-order chi connectivity index (χ0) is 9.68. The molecule has 3 nitrogen and oxygen atoms in total. The number of hydrogen-bond acceptors (Lipinski definition) is 3. The van der Waals surface area contributed by atoms with Crippen LogP contribution in [0.3, 0.4) is 0 Å². The molecule has 0 spiro atoms. The third-order valence-electron chi connectivity index (χ3n) is 1.51. The molecule has 1 unspecified atom stereocenters. The minimum absolute atomic E-state index is 0.451. The zero-order valence-corrected chi connectivity index (χ0v) is 8.58. The van der Waals surface area contributed by atoms with Gasteiger partial charge in [-0.05, 0) is 23.6 Å². The van der Waals surface area contributed by atoms with Gasteiger partial charge < -0.3 is 4.74 Å². The molecule has 0 radical (unpaired) electrons. The van der Waals surface area contributed by atoms with Crippen LogP contribution < -0.4 is 10.0 Å². The Morgan fingerprint density at radius 1 is 1.46 bits per heavy atom. The molecular formula is C9H12O3P+. The lowest BCUT2D eigenvalue weighted by Gasteiger charge is -1.95. The van der Waals surface area contributed by atoms with Crippen LogP contribution in [0.15, 0.2) is 24.3 Å². The van der Waals surface area contributed by atoms with Crippen molar-refractivity contribution in [3.8, 4) is 5.75 Å². The van der Waals surface area contributed by atoms with Crippen LogP contribution >= 0.6 is 8.03 Å². The van der Waals surface area contributed by atoms with Crippen molar-refractivity contribution < 1.29 is 13.8 Å². The molecule has 0 fully saturated rings. The van der Waals surface area contributed by atoms with E-state index in [-0.39, 0.29) is 0 Å². The average molecular weight is 199 g/mol. The molecule has 0 aliphatic rings. The number of rotatable bonds is 4. The molecule has 1 atom stereocenters. The lowest BCUT2D eigenvalue weighted by atomic mass is 10.3. The monoisotopic (exact) mass is 199 g/mol. The highest BCUT2D eigenvalue weighted by molar-refractivity contribution is 7.48. The molecule has 0 N–H and O–H groups in total. The highest BCUT2D eigenvalue weighted by atomic mass is 31.1. The summed E-state index contributed by atoms with van der Waals surface area (Å²) in [5.74, 6) is 0.695. The standard InChI is InChI=1S/C9H12O3P/c1-3-12-13(10)9-6-4-5-8(7-9)11-2/h4-7H,3H2,1-2H3/q+1. The maximum Gasteiger partial charge on any atom is 0.548 e. The molecule has 0 aliphatic heterocycles. The van der Waals surface area contributed by atoms with Gasteiger partial charge in [0.25, 0.3) is 0 Å². The molecule has 0 aromatic heterocycles. The van der Waals surface area contributed by atoms with Gasteiger partial charge in [0.05, 0.1) is 7.11 Å². The van der Waals surface area contributed by atoms with Crippen LogP contribution in [-0.4, -0.2) is 13.7 Å². The molecule has 0 amide bonds. The summed E-state index contributed by atoms with van der Waals surface area (Å²) in [6.07, 6.45) is 0. The Kier molecular flexibility index (Phi) is 3.87. The highest BCUT2D eigenvalue weighted by Crippen LogP contribution is 2.22. The number of hydrogen-bond donors (Lipinski definition) is 0. The van der Waals surface area contributed by atoms with Crippen molar-refractivity contribution in [3.05, 3.63) is 24.3 Å². The lowest BCUT2D eigenvalue weighted by Crippen LogP contribution is -1.98. The van der Waals surface area contributed by atoms with Crippen molar-refractivity contribution in [2.75, 3.05) is 13.7 Å². The van der Waals surface area contributed by atoms with E-state index in [1.54, 1.807) is 31.4 Å². The Balaban J connectivity index is 2.82. The van der Waals surface area contributed by atoms with Crippen LogP contribution in [0.4, 0.5) is 0 Å². The first-order chi connectivity index (χ1) is 6.27. The van der Waals surface area contributed by atoms with Crippen molar-refractivity contribution in [1.29, 1.82) is 0 Å². The average Bonchev–Trinajstić information content (AvgIpc) is 2.18. The Morgan fingerprint density at radius 2 is 2.23 bits per heavy atom. The Morgan fingerprint density at radius 3 is 2.85 bits per heavy atom. The predicted octanol–water partition coefficient (Wildman–Crippen LogP) is 2.10. The Bertz CT molecular complexity index is 299. The predicted molar refractivity (Wildman–Crippen MR) is 51.9 cm³/mol. The van der Waals surface area contributed by atoms with Gasteiger partial charge in [-0.1, -0.05) is 6.07 Å². The zero-order valence-electron chi connectivity index (χ0n) is 7.69. The topological polar surface area (TPSA) is 35.5 Å². The third kappa shape index (κ3) is 2.79. The van der Waals surface area contributed by atoms with Crippen LogP contribution in [0.25, 0.3) is 0 Å². The van der Waals surface area contributed by atoms with Gasteiger partial charge >= 0.3 is 8.03 Å². The quantitative estimate of drug-likeness (QED) is 0.696. The fourth-order valence-electron chi connectivity index (χ4n) is 0.916. The Labute approximate surface area is 78.5 Å². The second-order valence-corrected chi connectivity index (χ2v) is 3.67. The van der Waals surface area contributed by atoms with Crippen LogP contribution in [0.5, 0.6) is 5.75 Å². The first-order valence-corrected chi connectivity index (χ1v) is 5.20. The molecule has 0 saturated carbocycles. The summed E-state index contributed by atoms with van der Waals surface area (Å²) in [6.45, 7) is 2.26. The summed E-state index contributed by atoms with van der Waals surface area (Å²) in [6, 6.07) is 7.07. The fourth-order valence-corrected chi connectivity index (χ4v) is 1.74. The van der Waals surface area contributed by atoms with E-state index in [9.17, 15) is 4.57 Å². The Hall–Kier alpha value is -0.920. The van der Waals surface area contributed by atoms with E-state index in [0.717, 1.165) is 0 Å². The molecule has 0 saturated heterocycles. The van der Waals surface area contributed by atoms with E-state index in [4.69, 9.17) is 9.26 Å². The third-order valence-corrected chi connectivity index (χ3v) is 2.70. The largest absolute Gasteiger partial charge is 0.548 e. The molecule has 4 heteroatoms. The summed E-state index contributed by atoms with van der Waals surface area (Å²) in [7, 11) is -0.151. The normalized spacial score (nSPS) is 11.1. The molecule has 13 heavy (non-hydrogen) atoms. The molecule has 1 aromatic carbocycles. The summed E-state index contributed by atoms with van der Waals surface area (Å²) in [4.78, 5) is 0. The number of methoxy groups -OCH3 is 1. The number of ether oxygens (including phenoxy) is 1. The summed E-state index contributed by atoms with van der Waals surface area (Å²) in [5, 5.41) is 0.663. The number of benzene rings is 1. The molecule has 1 aromatic rings. The van der Waals surface area contributed by atoms with Crippen molar-refractivity contribution in [1.82, 2.24) is 0 Å². The molecule has 0 aliphatic carbocycles. The van der Waals surface area contributed by atoms with Crippen LogP contribution in [0.1, 0.15) is 6.92 Å². The smallest absolute Gasteiger partial charge is 0.497 e. The fraction of sp³-hybridized carbons (Fsp3) is 0.333. The van der Waals surface area contributed by atoms with E-state index >= 15 is 0 Å². The van der Waals surface area contributed by atoms with Crippen LogP contribution in [-0.2, 0) is 9.09 Å². The van der Waals surface area contributed by atoms with E-state index in [1.807, 2.05) is 6.92 Å². The molecule has 1 rings (SSSR count). The van der Waals surface area contributed by atoms with Crippen molar-refractivity contribution in [2.45, 2.75) is 6.92 Å². The second kappa shape index (κ2) is 4.95. The maximum atomic E-state index is 11.4. The van der Waals surface area contributed by atoms with E-state index < -0.39 is 8.03 Å². The van der Waals surface area contributed by atoms with Gasteiger partial charge in [-0.25, -0.2) is 0 Å². The van der Waals surface area contributed by atoms with Crippen LogP contribution in [0, 0.1) is 0 Å². The minimum Gasteiger partial charge on any atom is -0.497 e. The second-order valence-electron chi connectivity index (χ2n) is 2.38. The SMILES string of the molecule is CCO[P+](=O)c1cccc(OC)c1. The van der Waals surface area contributed by atoms with E-state index in [1.165, 1.54) is 0 Å². The van der Waals surface area contributed by atoms with E-state index in [2.05, 4.69) is 0 Å². The lowest BCUT2D eigenvalue weighted by molar-refractivity contribution is 0.357. The van der Waals surface area contributed by atoms with Gasteiger partial charge in [-0.2, -0.15) is 0 Å². The van der Waals surface area contributed by atoms with Gasteiger partial charge in [-0.3, -0.25) is 0 Å². The van der Waals surface area contributed by atoms with Crippen LogP contribution in [0.2, 0.25) is 0 Å². The molecule has 0 bridgehead atoms. The summed E-state index contributed by atoms with van der Waals surface area (Å²) in [5.41, 5.74) is 0.